The lowest BCUT2D eigenvalue weighted by atomic mass is 10.1. The zero-order chi connectivity index (χ0) is 12.8. The first kappa shape index (κ1) is 14.2. The largest absolute Gasteiger partial charge is 0.380 e. The Labute approximate surface area is 103 Å². The first-order valence-corrected chi connectivity index (χ1v) is 6.15. The van der Waals surface area contributed by atoms with Crippen molar-refractivity contribution in [2.24, 2.45) is 5.84 Å². The SMILES string of the molecule is CCC(C)n1ccc(CC(NN)C(C)OC)n1. The molecule has 1 aromatic rings. The fourth-order valence-corrected chi connectivity index (χ4v) is 1.67. The van der Waals surface area contributed by atoms with E-state index in [1.54, 1.807) is 7.11 Å². The van der Waals surface area contributed by atoms with Gasteiger partial charge < -0.3 is 4.74 Å². The number of hydrazine groups is 1. The van der Waals surface area contributed by atoms with E-state index in [0.717, 1.165) is 18.5 Å². The van der Waals surface area contributed by atoms with E-state index in [9.17, 15) is 0 Å². The van der Waals surface area contributed by atoms with Crippen molar-refractivity contribution in [1.82, 2.24) is 15.2 Å². The van der Waals surface area contributed by atoms with E-state index in [-0.39, 0.29) is 12.1 Å². The van der Waals surface area contributed by atoms with Crippen LogP contribution in [0.2, 0.25) is 0 Å². The van der Waals surface area contributed by atoms with Gasteiger partial charge in [0.15, 0.2) is 0 Å². The third-order valence-electron chi connectivity index (χ3n) is 3.29. The highest BCUT2D eigenvalue weighted by Crippen LogP contribution is 2.11. The van der Waals surface area contributed by atoms with Crippen LogP contribution in [-0.2, 0) is 11.2 Å². The number of hydrogen-bond acceptors (Lipinski definition) is 4. The summed E-state index contributed by atoms with van der Waals surface area (Å²) in [6.07, 6.45) is 3.94. The summed E-state index contributed by atoms with van der Waals surface area (Å²) in [4.78, 5) is 0. The van der Waals surface area contributed by atoms with Crippen LogP contribution in [0.25, 0.3) is 0 Å². The van der Waals surface area contributed by atoms with Crippen molar-refractivity contribution in [2.75, 3.05) is 7.11 Å². The van der Waals surface area contributed by atoms with Crippen LogP contribution >= 0.6 is 0 Å². The van der Waals surface area contributed by atoms with Crippen LogP contribution in [0.15, 0.2) is 12.3 Å². The van der Waals surface area contributed by atoms with E-state index in [4.69, 9.17) is 10.6 Å². The number of ether oxygens (including phenoxy) is 1. The van der Waals surface area contributed by atoms with Crippen molar-refractivity contribution in [3.63, 3.8) is 0 Å². The molecule has 0 saturated carbocycles. The molecule has 0 fully saturated rings. The highest BCUT2D eigenvalue weighted by atomic mass is 16.5. The molecule has 0 aliphatic rings. The molecule has 5 nitrogen and oxygen atoms in total. The Morgan fingerprint density at radius 3 is 2.76 bits per heavy atom. The molecule has 1 heterocycles. The van der Waals surface area contributed by atoms with Crippen LogP contribution in [0.4, 0.5) is 0 Å². The minimum absolute atomic E-state index is 0.0637. The second-order valence-electron chi connectivity index (χ2n) is 4.46. The van der Waals surface area contributed by atoms with E-state index in [2.05, 4.69) is 24.4 Å². The lowest BCUT2D eigenvalue weighted by molar-refractivity contribution is 0.0827. The molecule has 1 aromatic heterocycles. The van der Waals surface area contributed by atoms with Crippen LogP contribution in [0.1, 0.15) is 38.9 Å². The van der Waals surface area contributed by atoms with Gasteiger partial charge in [0.2, 0.25) is 0 Å². The minimum Gasteiger partial charge on any atom is -0.380 e. The van der Waals surface area contributed by atoms with Crippen molar-refractivity contribution in [1.29, 1.82) is 0 Å². The quantitative estimate of drug-likeness (QED) is 0.556. The third-order valence-corrected chi connectivity index (χ3v) is 3.29. The Morgan fingerprint density at radius 1 is 1.53 bits per heavy atom. The van der Waals surface area contributed by atoms with Crippen LogP contribution < -0.4 is 11.3 Å². The number of rotatable bonds is 7. The average molecular weight is 240 g/mol. The van der Waals surface area contributed by atoms with Gasteiger partial charge in [-0.25, -0.2) is 0 Å². The summed E-state index contributed by atoms with van der Waals surface area (Å²) in [6.45, 7) is 6.31. The number of nitrogens with one attached hydrogen (secondary N) is 1. The van der Waals surface area contributed by atoms with E-state index >= 15 is 0 Å². The van der Waals surface area contributed by atoms with Crippen molar-refractivity contribution in [3.05, 3.63) is 18.0 Å². The fourth-order valence-electron chi connectivity index (χ4n) is 1.67. The summed E-state index contributed by atoms with van der Waals surface area (Å²) in [5, 5.41) is 4.55. The highest BCUT2D eigenvalue weighted by molar-refractivity contribution is 5.03. The molecule has 0 amide bonds. The van der Waals surface area contributed by atoms with Crippen LogP contribution in [0.5, 0.6) is 0 Å². The Hall–Kier alpha value is -0.910. The zero-order valence-corrected chi connectivity index (χ0v) is 11.2. The third kappa shape index (κ3) is 3.80. The topological polar surface area (TPSA) is 65.1 Å². The summed E-state index contributed by atoms with van der Waals surface area (Å²) in [6, 6.07) is 2.56. The summed E-state index contributed by atoms with van der Waals surface area (Å²) in [5.41, 5.74) is 3.82. The molecule has 3 atom stereocenters. The number of hydrogen-bond donors (Lipinski definition) is 2. The summed E-state index contributed by atoms with van der Waals surface area (Å²) >= 11 is 0. The van der Waals surface area contributed by atoms with Gasteiger partial charge in [0.1, 0.15) is 0 Å². The van der Waals surface area contributed by atoms with E-state index in [1.807, 2.05) is 23.9 Å². The van der Waals surface area contributed by atoms with Gasteiger partial charge in [0.25, 0.3) is 0 Å². The smallest absolute Gasteiger partial charge is 0.0713 e. The standard InChI is InChI=1S/C12H24N4O/c1-5-9(2)16-7-6-11(15-16)8-12(14-13)10(3)17-4/h6-7,9-10,12,14H,5,8,13H2,1-4H3. The molecule has 0 aromatic carbocycles. The Morgan fingerprint density at radius 2 is 2.24 bits per heavy atom. The normalized spacial score (nSPS) is 16.8. The number of nitrogens with two attached hydrogens (primary N) is 1. The number of methoxy groups -OCH3 is 1. The molecule has 17 heavy (non-hydrogen) atoms. The Bertz CT molecular complexity index is 326. The minimum atomic E-state index is 0.0637. The molecule has 5 heteroatoms. The highest BCUT2D eigenvalue weighted by Gasteiger charge is 2.17. The van der Waals surface area contributed by atoms with Crippen molar-refractivity contribution in [2.45, 2.75) is 51.8 Å². The van der Waals surface area contributed by atoms with E-state index in [1.165, 1.54) is 0 Å². The van der Waals surface area contributed by atoms with Gasteiger partial charge >= 0.3 is 0 Å². The first-order valence-electron chi connectivity index (χ1n) is 6.15. The Kier molecular flexibility index (Phi) is 5.61. The molecule has 0 spiro atoms. The van der Waals surface area contributed by atoms with Crippen molar-refractivity contribution in [3.8, 4) is 0 Å². The molecule has 0 aliphatic heterocycles. The van der Waals surface area contributed by atoms with Gasteiger partial charge in [-0.1, -0.05) is 6.92 Å². The van der Waals surface area contributed by atoms with Crippen LogP contribution in [0, 0.1) is 0 Å². The molecular weight excluding hydrogens is 216 g/mol. The lowest BCUT2D eigenvalue weighted by Crippen LogP contribution is -2.45. The molecule has 3 unspecified atom stereocenters. The second-order valence-corrected chi connectivity index (χ2v) is 4.46. The Balaban J connectivity index is 2.64. The van der Waals surface area contributed by atoms with E-state index < -0.39 is 0 Å². The van der Waals surface area contributed by atoms with Crippen LogP contribution in [0.3, 0.4) is 0 Å². The molecule has 0 radical (unpaired) electrons. The van der Waals surface area contributed by atoms with Gasteiger partial charge in [-0.3, -0.25) is 16.0 Å². The summed E-state index contributed by atoms with van der Waals surface area (Å²) in [7, 11) is 1.69. The fraction of sp³-hybridized carbons (Fsp3) is 0.750. The predicted octanol–water partition coefficient (Wildman–Crippen LogP) is 1.26. The molecule has 1 rings (SSSR count). The maximum absolute atomic E-state index is 5.53. The molecule has 98 valence electrons. The molecule has 0 bridgehead atoms. The van der Waals surface area contributed by atoms with Crippen molar-refractivity contribution >= 4 is 0 Å². The van der Waals surface area contributed by atoms with Crippen LogP contribution in [-0.4, -0.2) is 29.0 Å². The summed E-state index contributed by atoms with van der Waals surface area (Å²) in [5.74, 6) is 5.53. The zero-order valence-electron chi connectivity index (χ0n) is 11.2. The van der Waals surface area contributed by atoms with Crippen molar-refractivity contribution < 1.29 is 4.74 Å². The predicted molar refractivity (Wildman–Crippen MR) is 68.5 cm³/mol. The van der Waals surface area contributed by atoms with Gasteiger partial charge in [0, 0.05) is 25.8 Å². The molecular formula is C12H24N4O. The second kappa shape index (κ2) is 6.74. The molecule has 0 saturated heterocycles. The maximum Gasteiger partial charge on any atom is 0.0713 e. The first-order chi connectivity index (χ1) is 8.12. The number of aromatic nitrogens is 2. The summed E-state index contributed by atoms with van der Waals surface area (Å²) < 4.78 is 7.27. The lowest BCUT2D eigenvalue weighted by Gasteiger charge is -2.20. The average Bonchev–Trinajstić information content (AvgIpc) is 2.82. The molecule has 0 aliphatic carbocycles. The van der Waals surface area contributed by atoms with Gasteiger partial charge in [-0.2, -0.15) is 5.10 Å². The van der Waals surface area contributed by atoms with E-state index in [0.29, 0.717) is 6.04 Å². The maximum atomic E-state index is 5.53. The monoisotopic (exact) mass is 240 g/mol. The number of nitrogens with zero attached hydrogens (tertiary/aromatic N) is 2. The van der Waals surface area contributed by atoms with Gasteiger partial charge in [0.05, 0.1) is 17.8 Å². The van der Waals surface area contributed by atoms with Gasteiger partial charge in [-0.05, 0) is 26.3 Å². The molecule has 3 N–H and O–H groups in total. The van der Waals surface area contributed by atoms with Gasteiger partial charge in [-0.15, -0.1) is 0 Å².